The first kappa shape index (κ1) is 18.6. The van der Waals surface area contributed by atoms with Gasteiger partial charge in [0.25, 0.3) is 10.0 Å². The van der Waals surface area contributed by atoms with Gasteiger partial charge in [0.05, 0.1) is 16.3 Å². The Hall–Kier alpha value is -1.76. The van der Waals surface area contributed by atoms with Crippen LogP contribution in [-0.2, 0) is 10.0 Å². The predicted octanol–water partition coefficient (Wildman–Crippen LogP) is 3.68. The largest absolute Gasteiger partial charge is 0.378 e. The minimum absolute atomic E-state index is 0.0537. The molecule has 2 aromatic rings. The zero-order valence-corrected chi connectivity index (χ0v) is 15.7. The molecule has 0 saturated heterocycles. The fourth-order valence-electron chi connectivity index (χ4n) is 2.02. The summed E-state index contributed by atoms with van der Waals surface area (Å²) in [6, 6.07) is 10.5. The van der Waals surface area contributed by atoms with Gasteiger partial charge in [-0.1, -0.05) is 35.3 Å². The maximum absolute atomic E-state index is 12.3. The van der Waals surface area contributed by atoms with Gasteiger partial charge in [0.2, 0.25) is 0 Å². The molecule has 0 heterocycles. The molecule has 2 rings (SSSR count). The van der Waals surface area contributed by atoms with E-state index in [9.17, 15) is 8.42 Å². The average Bonchev–Trinajstić information content (AvgIpc) is 2.46. The number of hydrazone groups is 1. The van der Waals surface area contributed by atoms with E-state index >= 15 is 0 Å². The zero-order valence-electron chi connectivity index (χ0n) is 13.4. The lowest BCUT2D eigenvalue weighted by Gasteiger charge is -2.11. The predicted molar refractivity (Wildman–Crippen MR) is 99.9 cm³/mol. The zero-order chi connectivity index (χ0) is 17.9. The summed E-state index contributed by atoms with van der Waals surface area (Å²) in [4.78, 5) is 3.90. The van der Waals surface area contributed by atoms with Gasteiger partial charge < -0.3 is 4.90 Å². The molecule has 0 amide bonds. The summed E-state index contributed by atoms with van der Waals surface area (Å²) in [6.07, 6.45) is 1.41. The molecule has 0 spiro atoms. The van der Waals surface area contributed by atoms with Gasteiger partial charge in [-0.15, -0.1) is 0 Å². The Labute approximate surface area is 151 Å². The number of sulfonamides is 1. The van der Waals surface area contributed by atoms with Crippen molar-refractivity contribution in [1.29, 1.82) is 0 Å². The highest BCUT2D eigenvalue weighted by atomic mass is 35.5. The van der Waals surface area contributed by atoms with Crippen LogP contribution in [0, 0.1) is 6.92 Å². The Balaban J connectivity index is 2.18. The van der Waals surface area contributed by atoms with Gasteiger partial charge in [-0.2, -0.15) is 18.4 Å². The maximum atomic E-state index is 12.3. The van der Waals surface area contributed by atoms with E-state index in [4.69, 9.17) is 23.2 Å². The van der Waals surface area contributed by atoms with Crippen LogP contribution in [0.5, 0.6) is 0 Å². The summed E-state index contributed by atoms with van der Waals surface area (Å²) in [7, 11) is -0.0766. The van der Waals surface area contributed by atoms with Gasteiger partial charge in [0.1, 0.15) is 4.90 Å². The third-order valence-corrected chi connectivity index (χ3v) is 5.35. The third-order valence-electron chi connectivity index (χ3n) is 3.21. The van der Waals surface area contributed by atoms with Gasteiger partial charge in [0, 0.05) is 19.8 Å². The van der Waals surface area contributed by atoms with Crippen molar-refractivity contribution in [3.63, 3.8) is 0 Å². The van der Waals surface area contributed by atoms with Crippen LogP contribution in [0.4, 0.5) is 5.69 Å². The Morgan fingerprint density at radius 2 is 1.62 bits per heavy atom. The van der Waals surface area contributed by atoms with Crippen LogP contribution < -0.4 is 9.73 Å². The molecule has 1 N–H and O–H groups in total. The van der Waals surface area contributed by atoms with Crippen molar-refractivity contribution in [2.75, 3.05) is 19.0 Å². The van der Waals surface area contributed by atoms with E-state index in [1.54, 1.807) is 6.92 Å². The standard InChI is InChI=1S/C16H17Cl2N3O2S/c1-11-8-14(17)16(15(18)9-11)24(22,23)20-19-10-12-4-6-13(7-5-12)21(2)3/h4-10,20H,1-3H3/b19-10-. The maximum Gasteiger partial charge on any atom is 0.279 e. The summed E-state index contributed by atoms with van der Waals surface area (Å²) < 4.78 is 24.6. The molecule has 0 fully saturated rings. The molecule has 0 unspecified atom stereocenters. The Morgan fingerprint density at radius 3 is 2.12 bits per heavy atom. The lowest BCUT2D eigenvalue weighted by Crippen LogP contribution is -2.19. The molecule has 8 heteroatoms. The summed E-state index contributed by atoms with van der Waals surface area (Å²) in [6.45, 7) is 1.77. The normalized spacial score (nSPS) is 11.7. The van der Waals surface area contributed by atoms with Crippen molar-refractivity contribution in [1.82, 2.24) is 4.83 Å². The lowest BCUT2D eigenvalue weighted by atomic mass is 10.2. The number of nitrogens with zero attached hydrogens (tertiary/aromatic N) is 2. The first-order valence-corrected chi connectivity index (χ1v) is 9.22. The van der Waals surface area contributed by atoms with Crippen LogP contribution in [0.25, 0.3) is 0 Å². The van der Waals surface area contributed by atoms with Crippen LogP contribution in [-0.4, -0.2) is 28.7 Å². The van der Waals surface area contributed by atoms with Crippen LogP contribution in [0.3, 0.4) is 0 Å². The van der Waals surface area contributed by atoms with E-state index in [2.05, 4.69) is 9.93 Å². The van der Waals surface area contributed by atoms with Crippen molar-refractivity contribution in [3.8, 4) is 0 Å². The fourth-order valence-corrected chi connectivity index (χ4v) is 4.14. The Kier molecular flexibility index (Phi) is 5.74. The molecule has 0 radical (unpaired) electrons. The van der Waals surface area contributed by atoms with Gasteiger partial charge >= 0.3 is 0 Å². The topological polar surface area (TPSA) is 61.8 Å². The second-order valence-electron chi connectivity index (χ2n) is 5.40. The smallest absolute Gasteiger partial charge is 0.279 e. The van der Waals surface area contributed by atoms with E-state index in [0.29, 0.717) is 0 Å². The summed E-state index contributed by atoms with van der Waals surface area (Å²) in [5.74, 6) is 0. The van der Waals surface area contributed by atoms with Gasteiger partial charge in [-0.05, 0) is 42.3 Å². The monoisotopic (exact) mass is 385 g/mol. The van der Waals surface area contributed by atoms with Crippen LogP contribution >= 0.6 is 23.2 Å². The number of aryl methyl sites for hydroxylation is 1. The summed E-state index contributed by atoms with van der Waals surface area (Å²) in [5, 5.41) is 3.88. The fraction of sp³-hybridized carbons (Fsp3) is 0.188. The summed E-state index contributed by atoms with van der Waals surface area (Å²) in [5.41, 5.74) is 2.56. The van der Waals surface area contributed by atoms with Crippen molar-refractivity contribution >= 4 is 45.1 Å². The third kappa shape index (κ3) is 4.41. The van der Waals surface area contributed by atoms with E-state index in [1.165, 1.54) is 18.3 Å². The van der Waals surface area contributed by atoms with Gasteiger partial charge in [0.15, 0.2) is 0 Å². The van der Waals surface area contributed by atoms with E-state index in [0.717, 1.165) is 16.8 Å². The number of nitrogens with one attached hydrogen (secondary N) is 1. The highest BCUT2D eigenvalue weighted by Gasteiger charge is 2.21. The van der Waals surface area contributed by atoms with Crippen LogP contribution in [0.2, 0.25) is 10.0 Å². The van der Waals surface area contributed by atoms with E-state index < -0.39 is 10.0 Å². The minimum atomic E-state index is -3.95. The molecule has 0 atom stereocenters. The highest BCUT2D eigenvalue weighted by molar-refractivity contribution is 7.89. The molecule has 128 valence electrons. The van der Waals surface area contributed by atoms with Crippen LogP contribution in [0.15, 0.2) is 46.4 Å². The van der Waals surface area contributed by atoms with Crippen molar-refractivity contribution in [2.24, 2.45) is 5.10 Å². The number of benzene rings is 2. The van der Waals surface area contributed by atoms with Crippen LogP contribution in [0.1, 0.15) is 11.1 Å². The number of hydrogen-bond acceptors (Lipinski definition) is 4. The van der Waals surface area contributed by atoms with Gasteiger partial charge in [-0.3, -0.25) is 0 Å². The van der Waals surface area contributed by atoms with Crippen molar-refractivity contribution in [2.45, 2.75) is 11.8 Å². The number of hydrogen-bond donors (Lipinski definition) is 1. The molecule has 0 aliphatic heterocycles. The first-order chi connectivity index (χ1) is 11.2. The molecule has 0 saturated carbocycles. The molecule has 0 aliphatic carbocycles. The number of anilines is 1. The quantitative estimate of drug-likeness (QED) is 0.630. The van der Waals surface area contributed by atoms with Crippen molar-refractivity contribution < 1.29 is 8.42 Å². The molecule has 0 aliphatic rings. The van der Waals surface area contributed by atoms with Crippen molar-refractivity contribution in [3.05, 3.63) is 57.6 Å². The SMILES string of the molecule is Cc1cc(Cl)c(S(=O)(=O)N/N=C\c2ccc(N(C)C)cc2)c(Cl)c1. The average molecular weight is 386 g/mol. The summed E-state index contributed by atoms with van der Waals surface area (Å²) >= 11 is 12.0. The molecule has 24 heavy (non-hydrogen) atoms. The number of halogens is 2. The molecular formula is C16H17Cl2N3O2S. The molecule has 0 bridgehead atoms. The second-order valence-corrected chi connectivity index (χ2v) is 7.81. The van der Waals surface area contributed by atoms with Gasteiger partial charge in [-0.25, -0.2) is 0 Å². The Morgan fingerprint density at radius 1 is 1.08 bits per heavy atom. The molecule has 0 aromatic heterocycles. The highest BCUT2D eigenvalue weighted by Crippen LogP contribution is 2.30. The molecular weight excluding hydrogens is 369 g/mol. The van der Waals surface area contributed by atoms with E-state index in [1.807, 2.05) is 43.3 Å². The first-order valence-electron chi connectivity index (χ1n) is 6.98. The van der Waals surface area contributed by atoms with E-state index in [-0.39, 0.29) is 14.9 Å². The lowest BCUT2D eigenvalue weighted by molar-refractivity contribution is 0.585. The second kappa shape index (κ2) is 7.42. The number of rotatable bonds is 5. The Bertz CT molecular complexity index is 840. The minimum Gasteiger partial charge on any atom is -0.378 e. The molecule has 5 nitrogen and oxygen atoms in total. The molecule has 2 aromatic carbocycles.